The number of hydrogen-bond acceptors (Lipinski definition) is 1. The van der Waals surface area contributed by atoms with E-state index in [4.69, 9.17) is 16.7 Å². The second-order valence-corrected chi connectivity index (χ2v) is 3.56. The van der Waals surface area contributed by atoms with Crippen LogP contribution in [0.15, 0.2) is 18.2 Å². The lowest BCUT2D eigenvalue weighted by Crippen LogP contribution is -1.90. The molecule has 0 aliphatic rings. The third kappa shape index (κ3) is 2.60. The Bertz CT molecular complexity index is 371. The van der Waals surface area contributed by atoms with Crippen LogP contribution in [-0.2, 0) is 4.79 Å². The lowest BCUT2D eigenvalue weighted by molar-refractivity contribution is -0.131. The van der Waals surface area contributed by atoms with Gasteiger partial charge >= 0.3 is 5.97 Å². The van der Waals surface area contributed by atoms with Crippen molar-refractivity contribution in [3.05, 3.63) is 39.9 Å². The number of rotatable bonds is 2. The number of carboxylic acids is 1. The second-order valence-electron chi connectivity index (χ2n) is 3.12. The summed E-state index contributed by atoms with van der Waals surface area (Å²) < 4.78 is 0. The molecule has 0 aliphatic heterocycles. The Hall–Kier alpha value is -1.28. The first-order chi connectivity index (χ1) is 6.50. The van der Waals surface area contributed by atoms with E-state index in [2.05, 4.69) is 0 Å². The molecule has 74 valence electrons. The van der Waals surface area contributed by atoms with Crippen molar-refractivity contribution in [2.75, 3.05) is 0 Å². The zero-order valence-electron chi connectivity index (χ0n) is 8.04. The van der Waals surface area contributed by atoms with Gasteiger partial charge in [0.25, 0.3) is 0 Å². The number of carboxylic acid groups (broad SMARTS) is 1. The van der Waals surface area contributed by atoms with Gasteiger partial charge in [0.2, 0.25) is 0 Å². The standard InChI is InChI=1S/C11H11ClO2/c1-7-5-9(12)6-8(2)10(7)3-4-11(13)14/h3-6H,1-2H3,(H,13,14). The van der Waals surface area contributed by atoms with Gasteiger partial charge < -0.3 is 5.11 Å². The fourth-order valence-corrected chi connectivity index (χ4v) is 1.67. The van der Waals surface area contributed by atoms with Crippen LogP contribution < -0.4 is 0 Å². The molecule has 1 N–H and O–H groups in total. The van der Waals surface area contributed by atoms with Crippen molar-refractivity contribution in [1.82, 2.24) is 0 Å². The van der Waals surface area contributed by atoms with E-state index in [1.165, 1.54) is 0 Å². The third-order valence-corrected chi connectivity index (χ3v) is 2.17. The number of carbonyl (C=O) groups is 1. The number of benzene rings is 1. The largest absolute Gasteiger partial charge is 0.478 e. The van der Waals surface area contributed by atoms with Crippen molar-refractivity contribution in [2.45, 2.75) is 13.8 Å². The number of hydrogen-bond donors (Lipinski definition) is 1. The Morgan fingerprint density at radius 1 is 1.36 bits per heavy atom. The molecule has 14 heavy (non-hydrogen) atoms. The van der Waals surface area contributed by atoms with Crippen molar-refractivity contribution >= 4 is 23.6 Å². The number of halogens is 1. The van der Waals surface area contributed by atoms with E-state index in [-0.39, 0.29) is 0 Å². The highest BCUT2D eigenvalue weighted by Crippen LogP contribution is 2.21. The molecule has 0 atom stereocenters. The van der Waals surface area contributed by atoms with Crippen LogP contribution in [0.3, 0.4) is 0 Å². The molecule has 1 aromatic rings. The Morgan fingerprint density at radius 2 is 1.86 bits per heavy atom. The Labute approximate surface area is 87.8 Å². The molecule has 0 bridgehead atoms. The van der Waals surface area contributed by atoms with E-state index in [1.54, 1.807) is 6.08 Å². The van der Waals surface area contributed by atoms with Crippen LogP contribution in [0.1, 0.15) is 16.7 Å². The average Bonchev–Trinajstić information content (AvgIpc) is 2.01. The van der Waals surface area contributed by atoms with Gasteiger partial charge in [-0.1, -0.05) is 11.6 Å². The van der Waals surface area contributed by atoms with Crippen molar-refractivity contribution < 1.29 is 9.90 Å². The van der Waals surface area contributed by atoms with Crippen LogP contribution in [0.5, 0.6) is 0 Å². The first-order valence-corrected chi connectivity index (χ1v) is 4.56. The Morgan fingerprint density at radius 3 is 2.29 bits per heavy atom. The summed E-state index contributed by atoms with van der Waals surface area (Å²) in [6.07, 6.45) is 2.71. The summed E-state index contributed by atoms with van der Waals surface area (Å²) in [6.45, 7) is 3.81. The second kappa shape index (κ2) is 4.29. The zero-order valence-corrected chi connectivity index (χ0v) is 8.80. The molecule has 0 radical (unpaired) electrons. The van der Waals surface area contributed by atoms with Crippen molar-refractivity contribution in [1.29, 1.82) is 0 Å². The normalized spacial score (nSPS) is 10.8. The minimum absolute atomic E-state index is 0.674. The molecule has 3 heteroatoms. The summed E-state index contributed by atoms with van der Waals surface area (Å²) in [5, 5.41) is 9.17. The SMILES string of the molecule is Cc1cc(Cl)cc(C)c1C=CC(=O)O. The predicted octanol–water partition coefficient (Wildman–Crippen LogP) is 3.05. The maximum absolute atomic E-state index is 10.3. The van der Waals surface area contributed by atoms with E-state index >= 15 is 0 Å². The van der Waals surface area contributed by atoms with Gasteiger partial charge in [-0.2, -0.15) is 0 Å². The van der Waals surface area contributed by atoms with Gasteiger partial charge in [-0.05, 0) is 48.7 Å². The summed E-state index contributed by atoms with van der Waals surface area (Å²) in [5.74, 6) is -0.946. The van der Waals surface area contributed by atoms with Crippen molar-refractivity contribution in [3.63, 3.8) is 0 Å². The lowest BCUT2D eigenvalue weighted by Gasteiger charge is -2.05. The van der Waals surface area contributed by atoms with Gasteiger partial charge in [0.1, 0.15) is 0 Å². The number of aryl methyl sites for hydroxylation is 2. The summed E-state index contributed by atoms with van der Waals surface area (Å²) in [6, 6.07) is 3.63. The van der Waals surface area contributed by atoms with Crippen LogP contribution in [0.25, 0.3) is 6.08 Å². The van der Waals surface area contributed by atoms with Crippen LogP contribution in [0, 0.1) is 13.8 Å². The van der Waals surface area contributed by atoms with Gasteiger partial charge in [0.15, 0.2) is 0 Å². The molecule has 0 unspecified atom stereocenters. The van der Waals surface area contributed by atoms with Crippen molar-refractivity contribution in [2.24, 2.45) is 0 Å². The summed E-state index contributed by atoms with van der Waals surface area (Å²) in [5.41, 5.74) is 2.87. The molecule has 1 aromatic carbocycles. The zero-order chi connectivity index (χ0) is 10.7. The molecule has 0 aromatic heterocycles. The quantitative estimate of drug-likeness (QED) is 0.762. The number of aliphatic carboxylic acids is 1. The average molecular weight is 211 g/mol. The highest BCUT2D eigenvalue weighted by molar-refractivity contribution is 6.30. The maximum Gasteiger partial charge on any atom is 0.328 e. The monoisotopic (exact) mass is 210 g/mol. The molecular formula is C11H11ClO2. The van der Waals surface area contributed by atoms with E-state index in [1.807, 2.05) is 26.0 Å². The van der Waals surface area contributed by atoms with Gasteiger partial charge in [-0.3, -0.25) is 0 Å². The van der Waals surface area contributed by atoms with Crippen LogP contribution in [0.2, 0.25) is 5.02 Å². The fourth-order valence-electron chi connectivity index (χ4n) is 1.34. The topological polar surface area (TPSA) is 37.3 Å². The van der Waals surface area contributed by atoms with Gasteiger partial charge in [-0.15, -0.1) is 0 Å². The molecule has 0 fully saturated rings. The molecule has 0 saturated heterocycles. The molecule has 0 amide bonds. The van der Waals surface area contributed by atoms with Crippen LogP contribution >= 0.6 is 11.6 Å². The molecular weight excluding hydrogens is 200 g/mol. The molecule has 1 rings (SSSR count). The summed E-state index contributed by atoms with van der Waals surface area (Å²) in [4.78, 5) is 10.3. The maximum atomic E-state index is 10.3. The fraction of sp³-hybridized carbons (Fsp3) is 0.182. The summed E-state index contributed by atoms with van der Waals surface area (Å²) in [7, 11) is 0. The molecule has 0 aliphatic carbocycles. The summed E-state index contributed by atoms with van der Waals surface area (Å²) >= 11 is 5.84. The first-order valence-electron chi connectivity index (χ1n) is 4.18. The lowest BCUT2D eigenvalue weighted by atomic mass is 10.0. The van der Waals surface area contributed by atoms with Crippen molar-refractivity contribution in [3.8, 4) is 0 Å². The van der Waals surface area contributed by atoms with E-state index in [9.17, 15) is 4.79 Å². The van der Waals surface area contributed by atoms with Crippen LogP contribution in [-0.4, -0.2) is 11.1 Å². The molecule has 0 spiro atoms. The third-order valence-electron chi connectivity index (χ3n) is 1.95. The van der Waals surface area contributed by atoms with E-state index in [0.29, 0.717) is 5.02 Å². The van der Waals surface area contributed by atoms with Gasteiger partial charge in [0.05, 0.1) is 0 Å². The van der Waals surface area contributed by atoms with Crippen LogP contribution in [0.4, 0.5) is 0 Å². The Balaban J connectivity index is 3.15. The minimum atomic E-state index is -0.946. The van der Waals surface area contributed by atoms with E-state index < -0.39 is 5.97 Å². The first kappa shape index (κ1) is 10.8. The highest BCUT2D eigenvalue weighted by atomic mass is 35.5. The smallest absolute Gasteiger partial charge is 0.328 e. The minimum Gasteiger partial charge on any atom is -0.478 e. The van der Waals surface area contributed by atoms with Gasteiger partial charge in [0, 0.05) is 11.1 Å². The molecule has 0 heterocycles. The Kier molecular flexibility index (Phi) is 3.31. The van der Waals surface area contributed by atoms with E-state index in [0.717, 1.165) is 22.8 Å². The highest BCUT2D eigenvalue weighted by Gasteiger charge is 2.01. The molecule has 2 nitrogen and oxygen atoms in total. The molecule has 0 saturated carbocycles. The van der Waals surface area contributed by atoms with Gasteiger partial charge in [-0.25, -0.2) is 4.79 Å². The predicted molar refractivity (Wildman–Crippen MR) is 57.6 cm³/mol.